The Morgan fingerprint density at radius 1 is 1.19 bits per heavy atom. The molecule has 1 aromatic rings. The van der Waals surface area contributed by atoms with Crippen LogP contribution < -0.4 is 15.4 Å². The van der Waals surface area contributed by atoms with E-state index >= 15 is 0 Å². The lowest BCUT2D eigenvalue weighted by atomic mass is 9.79. The first kappa shape index (κ1) is 23.2. The van der Waals surface area contributed by atoms with Crippen molar-refractivity contribution < 1.29 is 14.6 Å². The van der Waals surface area contributed by atoms with Crippen molar-refractivity contribution >= 4 is 5.96 Å². The number of aliphatic hydroxyl groups excluding tert-OH is 1. The maximum Gasteiger partial charge on any atom is 0.213 e. The van der Waals surface area contributed by atoms with Crippen molar-refractivity contribution in [3.05, 3.63) is 23.9 Å². The molecule has 0 fully saturated rings. The minimum atomic E-state index is 0.0910. The molecule has 0 unspecified atom stereocenters. The van der Waals surface area contributed by atoms with E-state index in [1.165, 1.54) is 0 Å². The Balaban J connectivity index is 2.64. The predicted molar refractivity (Wildman–Crippen MR) is 109 cm³/mol. The fourth-order valence-corrected chi connectivity index (χ4v) is 2.78. The first-order valence-electron chi connectivity index (χ1n) is 9.82. The van der Waals surface area contributed by atoms with E-state index in [4.69, 9.17) is 9.47 Å². The highest BCUT2D eigenvalue weighted by molar-refractivity contribution is 5.79. The third kappa shape index (κ3) is 8.58. The standard InChI is InChI=1S/C20H36N4O3/c1-5-20(6-2,10-11-25)16-24-19(21-7-3)23-15-17-8-9-18(22-14-17)27-13-12-26-4/h8-9,14,25H,5-7,10-13,15-16H2,1-4H3,(H2,21,23,24). The molecular formula is C20H36N4O3. The van der Waals surface area contributed by atoms with Crippen molar-refractivity contribution in [3.8, 4) is 5.88 Å². The molecule has 0 aliphatic heterocycles. The van der Waals surface area contributed by atoms with Crippen LogP contribution in [0.5, 0.6) is 5.88 Å². The first-order chi connectivity index (χ1) is 13.1. The second kappa shape index (κ2) is 13.3. The molecule has 1 aromatic heterocycles. The van der Waals surface area contributed by atoms with E-state index in [2.05, 4.69) is 34.5 Å². The number of methoxy groups -OCH3 is 1. The summed E-state index contributed by atoms with van der Waals surface area (Å²) in [7, 11) is 1.64. The Hall–Kier alpha value is -1.86. The lowest BCUT2D eigenvalue weighted by Gasteiger charge is -2.32. The molecule has 1 rings (SSSR count). The van der Waals surface area contributed by atoms with Gasteiger partial charge >= 0.3 is 0 Å². The molecule has 27 heavy (non-hydrogen) atoms. The highest BCUT2D eigenvalue weighted by atomic mass is 16.5. The van der Waals surface area contributed by atoms with Crippen LogP contribution in [0.25, 0.3) is 0 Å². The molecule has 0 radical (unpaired) electrons. The van der Waals surface area contributed by atoms with Gasteiger partial charge in [-0.15, -0.1) is 0 Å². The number of hydrogen-bond donors (Lipinski definition) is 3. The monoisotopic (exact) mass is 380 g/mol. The summed E-state index contributed by atoms with van der Waals surface area (Å²) in [5.74, 6) is 1.37. The van der Waals surface area contributed by atoms with Crippen LogP contribution in [0.1, 0.15) is 45.6 Å². The van der Waals surface area contributed by atoms with E-state index in [1.807, 2.05) is 19.1 Å². The van der Waals surface area contributed by atoms with E-state index in [0.717, 1.165) is 43.9 Å². The molecule has 1 heterocycles. The molecule has 0 saturated carbocycles. The number of aromatic nitrogens is 1. The van der Waals surface area contributed by atoms with E-state index in [9.17, 15) is 5.11 Å². The molecule has 0 bridgehead atoms. The van der Waals surface area contributed by atoms with Gasteiger partial charge in [0.05, 0.1) is 13.2 Å². The number of ether oxygens (including phenoxy) is 2. The van der Waals surface area contributed by atoms with Crippen molar-refractivity contribution in [1.82, 2.24) is 15.6 Å². The number of pyridine rings is 1. The Kier molecular flexibility index (Phi) is 11.4. The Bertz CT molecular complexity index is 531. The molecule has 3 N–H and O–H groups in total. The van der Waals surface area contributed by atoms with Crippen molar-refractivity contribution in [2.24, 2.45) is 10.4 Å². The fraction of sp³-hybridized carbons (Fsp3) is 0.700. The van der Waals surface area contributed by atoms with Gasteiger partial charge in [0.1, 0.15) is 6.61 Å². The summed E-state index contributed by atoms with van der Waals surface area (Å²) in [5.41, 5.74) is 1.10. The average molecular weight is 381 g/mol. The summed E-state index contributed by atoms with van der Waals surface area (Å²) in [5, 5.41) is 16.1. The van der Waals surface area contributed by atoms with Crippen LogP contribution in [-0.4, -0.2) is 56.1 Å². The van der Waals surface area contributed by atoms with Crippen LogP contribution in [0.3, 0.4) is 0 Å². The minimum absolute atomic E-state index is 0.0910. The van der Waals surface area contributed by atoms with E-state index in [0.29, 0.717) is 25.6 Å². The Morgan fingerprint density at radius 3 is 2.52 bits per heavy atom. The molecular weight excluding hydrogens is 344 g/mol. The number of aliphatic imine (C=N–C) groups is 1. The zero-order valence-corrected chi connectivity index (χ0v) is 17.3. The second-order valence-electron chi connectivity index (χ2n) is 6.58. The maximum absolute atomic E-state index is 9.38. The van der Waals surface area contributed by atoms with E-state index < -0.39 is 0 Å². The van der Waals surface area contributed by atoms with E-state index in [1.54, 1.807) is 13.3 Å². The first-order valence-corrected chi connectivity index (χ1v) is 9.82. The summed E-state index contributed by atoms with van der Waals surface area (Å²) in [4.78, 5) is 8.95. The maximum atomic E-state index is 9.38. The summed E-state index contributed by atoms with van der Waals surface area (Å²) in [6.07, 6.45) is 4.61. The zero-order chi connectivity index (χ0) is 20.0. The summed E-state index contributed by atoms with van der Waals surface area (Å²) < 4.78 is 10.4. The number of guanidine groups is 1. The van der Waals surface area contributed by atoms with Gasteiger partial charge in [-0.1, -0.05) is 19.9 Å². The molecule has 0 aromatic carbocycles. The van der Waals surface area contributed by atoms with Crippen LogP contribution in [0.4, 0.5) is 0 Å². The van der Waals surface area contributed by atoms with Crippen LogP contribution in [0.15, 0.2) is 23.3 Å². The van der Waals surface area contributed by atoms with Crippen LogP contribution in [0, 0.1) is 5.41 Å². The third-order valence-corrected chi connectivity index (χ3v) is 4.87. The molecule has 0 amide bonds. The van der Waals surface area contributed by atoms with Crippen LogP contribution in [-0.2, 0) is 11.3 Å². The number of aliphatic hydroxyl groups is 1. The number of rotatable bonds is 13. The normalized spacial score (nSPS) is 12.1. The van der Waals surface area contributed by atoms with Gasteiger partial charge in [0, 0.05) is 39.1 Å². The lowest BCUT2D eigenvalue weighted by molar-refractivity contribution is 0.143. The van der Waals surface area contributed by atoms with Crippen molar-refractivity contribution in [3.63, 3.8) is 0 Å². The third-order valence-electron chi connectivity index (χ3n) is 4.87. The fourth-order valence-electron chi connectivity index (χ4n) is 2.78. The molecule has 0 spiro atoms. The quantitative estimate of drug-likeness (QED) is 0.277. The Morgan fingerprint density at radius 2 is 1.96 bits per heavy atom. The smallest absolute Gasteiger partial charge is 0.213 e. The zero-order valence-electron chi connectivity index (χ0n) is 17.3. The summed E-state index contributed by atoms with van der Waals surface area (Å²) in [6.45, 7) is 9.75. The van der Waals surface area contributed by atoms with Crippen molar-refractivity contribution in [2.75, 3.05) is 40.0 Å². The van der Waals surface area contributed by atoms with Gasteiger partial charge in [0.2, 0.25) is 5.88 Å². The second-order valence-corrected chi connectivity index (χ2v) is 6.58. The van der Waals surface area contributed by atoms with Crippen molar-refractivity contribution in [2.45, 2.75) is 46.6 Å². The number of hydrogen-bond acceptors (Lipinski definition) is 5. The Labute approximate surface area is 163 Å². The number of nitrogens with zero attached hydrogens (tertiary/aromatic N) is 2. The molecule has 0 atom stereocenters. The molecule has 0 saturated heterocycles. The summed E-state index contributed by atoms with van der Waals surface area (Å²) >= 11 is 0. The SMILES string of the molecule is CCNC(=NCc1ccc(OCCOC)nc1)NCC(CC)(CC)CCO. The van der Waals surface area contributed by atoms with Crippen LogP contribution >= 0.6 is 0 Å². The highest BCUT2D eigenvalue weighted by Gasteiger charge is 2.25. The van der Waals surface area contributed by atoms with Gasteiger partial charge in [0.15, 0.2) is 5.96 Å². The van der Waals surface area contributed by atoms with Gasteiger partial charge < -0.3 is 25.2 Å². The lowest BCUT2D eigenvalue weighted by Crippen LogP contribution is -2.43. The predicted octanol–water partition coefficient (Wildman–Crippen LogP) is 2.35. The van der Waals surface area contributed by atoms with Crippen LogP contribution in [0.2, 0.25) is 0 Å². The largest absolute Gasteiger partial charge is 0.475 e. The number of nitrogens with one attached hydrogen (secondary N) is 2. The van der Waals surface area contributed by atoms with Gasteiger partial charge in [-0.25, -0.2) is 9.98 Å². The molecule has 0 aliphatic rings. The molecule has 154 valence electrons. The minimum Gasteiger partial charge on any atom is -0.475 e. The van der Waals surface area contributed by atoms with Gasteiger partial charge in [-0.2, -0.15) is 0 Å². The highest BCUT2D eigenvalue weighted by Crippen LogP contribution is 2.29. The summed E-state index contributed by atoms with van der Waals surface area (Å²) in [6, 6.07) is 3.82. The molecule has 7 nitrogen and oxygen atoms in total. The molecule has 7 heteroatoms. The average Bonchev–Trinajstić information content (AvgIpc) is 2.70. The van der Waals surface area contributed by atoms with Gasteiger partial charge in [0.25, 0.3) is 0 Å². The topological polar surface area (TPSA) is 88.0 Å². The molecule has 0 aliphatic carbocycles. The van der Waals surface area contributed by atoms with Crippen molar-refractivity contribution in [1.29, 1.82) is 0 Å². The van der Waals surface area contributed by atoms with E-state index in [-0.39, 0.29) is 12.0 Å². The van der Waals surface area contributed by atoms with Gasteiger partial charge in [-0.05, 0) is 37.2 Å². The van der Waals surface area contributed by atoms with Gasteiger partial charge in [-0.3, -0.25) is 0 Å².